The molecule has 3 nitrogen and oxygen atoms in total. The summed E-state index contributed by atoms with van der Waals surface area (Å²) in [6, 6.07) is 4.98. The van der Waals surface area contributed by atoms with Crippen LogP contribution in [0.3, 0.4) is 0 Å². The van der Waals surface area contributed by atoms with Crippen LogP contribution in [0.4, 0.5) is 0 Å². The Morgan fingerprint density at radius 1 is 1.70 bits per heavy atom. The summed E-state index contributed by atoms with van der Waals surface area (Å²) < 4.78 is 0.723. The zero-order valence-corrected chi connectivity index (χ0v) is 5.53. The van der Waals surface area contributed by atoms with E-state index in [0.29, 0.717) is 11.3 Å². The van der Waals surface area contributed by atoms with E-state index in [1.165, 1.54) is 12.3 Å². The average molecular weight is 134 g/mol. The van der Waals surface area contributed by atoms with Gasteiger partial charge in [-0.1, -0.05) is 0 Å². The maximum absolute atomic E-state index is 10.7. The molecule has 0 unspecified atom stereocenters. The smallest absolute Gasteiger partial charge is 0.190 e. The number of hydrogen-bond acceptors (Lipinski definition) is 2. The second kappa shape index (κ2) is 2.36. The van der Waals surface area contributed by atoms with Crippen LogP contribution < -0.4 is 4.73 Å². The molecular weight excluding hydrogens is 128 g/mol. The summed E-state index contributed by atoms with van der Waals surface area (Å²) in [6.07, 6.45) is 1.33. The lowest BCUT2D eigenvalue weighted by molar-refractivity contribution is -0.612. The lowest BCUT2D eigenvalue weighted by Gasteiger charge is -1.97. The molecule has 0 aliphatic rings. The second-order valence-corrected chi connectivity index (χ2v) is 1.99. The van der Waals surface area contributed by atoms with Crippen molar-refractivity contribution in [2.75, 3.05) is 0 Å². The van der Waals surface area contributed by atoms with Crippen molar-refractivity contribution in [3.63, 3.8) is 0 Å². The molecule has 1 aromatic heterocycles. The first-order valence-electron chi connectivity index (χ1n) is 2.84. The van der Waals surface area contributed by atoms with Gasteiger partial charge in [-0.05, 0) is 0 Å². The van der Waals surface area contributed by atoms with Crippen LogP contribution in [0, 0.1) is 23.5 Å². The van der Waals surface area contributed by atoms with Crippen molar-refractivity contribution in [3.8, 4) is 6.07 Å². The van der Waals surface area contributed by atoms with E-state index in [1.54, 1.807) is 13.0 Å². The van der Waals surface area contributed by atoms with E-state index >= 15 is 0 Å². The van der Waals surface area contributed by atoms with Crippen LogP contribution in [0.25, 0.3) is 0 Å². The fourth-order valence-corrected chi connectivity index (χ4v) is 0.672. The number of aryl methyl sites for hydroxylation is 1. The number of pyridine rings is 1. The van der Waals surface area contributed by atoms with Gasteiger partial charge < -0.3 is 5.21 Å². The van der Waals surface area contributed by atoms with Crippen molar-refractivity contribution >= 4 is 0 Å². The molecule has 1 heterocycles. The van der Waals surface area contributed by atoms with Crippen LogP contribution >= 0.6 is 0 Å². The van der Waals surface area contributed by atoms with E-state index < -0.39 is 0 Å². The Balaban J connectivity index is 3.20. The molecule has 50 valence electrons. The summed E-state index contributed by atoms with van der Waals surface area (Å²) in [5.41, 5.74) is 1.06. The van der Waals surface area contributed by atoms with Crippen LogP contribution in [0.5, 0.6) is 0 Å². The number of nitriles is 1. The molecule has 3 heteroatoms. The van der Waals surface area contributed by atoms with Gasteiger partial charge >= 0.3 is 0 Å². The Bertz CT molecular complexity index is 288. The molecule has 0 aliphatic carbocycles. The molecule has 0 bridgehead atoms. The maximum atomic E-state index is 10.7. The van der Waals surface area contributed by atoms with Crippen molar-refractivity contribution in [2.24, 2.45) is 0 Å². The van der Waals surface area contributed by atoms with Gasteiger partial charge in [0.1, 0.15) is 0 Å². The van der Waals surface area contributed by atoms with Gasteiger partial charge in [0, 0.05) is 19.1 Å². The number of rotatable bonds is 0. The van der Waals surface area contributed by atoms with E-state index in [4.69, 9.17) is 5.26 Å². The fraction of sp³-hybridized carbons (Fsp3) is 0.143. The van der Waals surface area contributed by atoms with E-state index in [1.807, 2.05) is 6.07 Å². The topological polar surface area (TPSA) is 50.7 Å². The summed E-state index contributed by atoms with van der Waals surface area (Å²) in [6.45, 7) is 1.66. The normalized spacial score (nSPS) is 8.80. The van der Waals surface area contributed by atoms with Crippen molar-refractivity contribution in [1.29, 1.82) is 5.26 Å². The molecule has 0 aliphatic heterocycles. The monoisotopic (exact) mass is 134 g/mol. The molecule has 0 aromatic carbocycles. The average Bonchev–Trinajstić information content (AvgIpc) is 1.95. The third-order valence-corrected chi connectivity index (χ3v) is 1.23. The zero-order valence-electron chi connectivity index (χ0n) is 5.53. The van der Waals surface area contributed by atoms with E-state index in [9.17, 15) is 5.21 Å². The minimum atomic E-state index is 0.518. The lowest BCUT2D eigenvalue weighted by Crippen LogP contribution is -2.28. The first-order valence-corrected chi connectivity index (χ1v) is 2.84. The van der Waals surface area contributed by atoms with E-state index in [-0.39, 0.29) is 0 Å². The Kier molecular flexibility index (Phi) is 1.55. The molecule has 0 spiro atoms. The zero-order chi connectivity index (χ0) is 7.56. The Morgan fingerprint density at radius 3 is 2.90 bits per heavy atom. The van der Waals surface area contributed by atoms with Gasteiger partial charge in [0.2, 0.25) is 0 Å². The summed E-state index contributed by atoms with van der Waals surface area (Å²) in [7, 11) is 0. The highest BCUT2D eigenvalue weighted by Crippen LogP contribution is 1.95. The van der Waals surface area contributed by atoms with Gasteiger partial charge in [0.15, 0.2) is 11.9 Å². The molecule has 1 rings (SSSR count). The molecule has 0 amide bonds. The maximum Gasteiger partial charge on any atom is 0.190 e. The SMILES string of the molecule is Cc1cc(C#N)cc[n+]1[O-]. The molecule has 0 atom stereocenters. The molecule has 0 saturated carbocycles. The van der Waals surface area contributed by atoms with Crippen LogP contribution in [0.1, 0.15) is 11.3 Å². The fourth-order valence-electron chi connectivity index (χ4n) is 0.672. The first-order chi connectivity index (χ1) is 4.74. The molecule has 0 saturated heterocycles. The molecule has 0 N–H and O–H groups in total. The molecule has 0 radical (unpaired) electrons. The molecule has 10 heavy (non-hydrogen) atoms. The first kappa shape index (κ1) is 6.56. The highest BCUT2D eigenvalue weighted by atomic mass is 16.5. The van der Waals surface area contributed by atoms with E-state index in [0.717, 1.165) is 4.73 Å². The van der Waals surface area contributed by atoms with Crippen LogP contribution in [0.15, 0.2) is 18.3 Å². The molecule has 0 fully saturated rings. The van der Waals surface area contributed by atoms with Crippen molar-refractivity contribution in [3.05, 3.63) is 34.8 Å². The predicted octanol–water partition coefficient (Wildman–Crippen LogP) is 0.500. The minimum absolute atomic E-state index is 0.518. The van der Waals surface area contributed by atoms with Gasteiger partial charge in [-0.3, -0.25) is 0 Å². The number of nitrogens with zero attached hydrogens (tertiary/aromatic N) is 2. The number of aromatic nitrogens is 1. The highest BCUT2D eigenvalue weighted by Gasteiger charge is 1.97. The van der Waals surface area contributed by atoms with Gasteiger partial charge in [0.05, 0.1) is 11.6 Å². The number of hydrogen-bond donors (Lipinski definition) is 0. The van der Waals surface area contributed by atoms with E-state index in [2.05, 4.69) is 0 Å². The summed E-state index contributed by atoms with van der Waals surface area (Å²) in [5, 5.41) is 19.1. The van der Waals surface area contributed by atoms with Gasteiger partial charge in [0.25, 0.3) is 0 Å². The quantitative estimate of drug-likeness (QED) is 0.383. The van der Waals surface area contributed by atoms with Gasteiger partial charge in [-0.2, -0.15) is 9.99 Å². The minimum Gasteiger partial charge on any atom is -0.619 e. The standard InChI is InChI=1S/C7H6N2O/c1-6-4-7(5-8)2-3-9(6)10/h2-4H,1H3. The van der Waals surface area contributed by atoms with Crippen LogP contribution in [-0.4, -0.2) is 0 Å². The summed E-state index contributed by atoms with van der Waals surface area (Å²) in [4.78, 5) is 0. The third-order valence-electron chi connectivity index (χ3n) is 1.23. The second-order valence-electron chi connectivity index (χ2n) is 1.99. The summed E-state index contributed by atoms with van der Waals surface area (Å²) >= 11 is 0. The largest absolute Gasteiger partial charge is 0.619 e. The van der Waals surface area contributed by atoms with Crippen LogP contribution in [0.2, 0.25) is 0 Å². The van der Waals surface area contributed by atoms with Crippen molar-refractivity contribution < 1.29 is 4.73 Å². The van der Waals surface area contributed by atoms with Gasteiger partial charge in [-0.25, -0.2) is 0 Å². The third kappa shape index (κ3) is 1.06. The highest BCUT2D eigenvalue weighted by molar-refractivity contribution is 5.26. The molecule has 1 aromatic rings. The van der Waals surface area contributed by atoms with Crippen LogP contribution in [-0.2, 0) is 0 Å². The van der Waals surface area contributed by atoms with Crippen molar-refractivity contribution in [2.45, 2.75) is 6.92 Å². The Labute approximate surface area is 58.7 Å². The predicted molar refractivity (Wildman–Crippen MR) is 34.9 cm³/mol. The lowest BCUT2D eigenvalue weighted by atomic mass is 10.2. The summed E-state index contributed by atoms with van der Waals surface area (Å²) in [5.74, 6) is 0. The van der Waals surface area contributed by atoms with Crippen molar-refractivity contribution in [1.82, 2.24) is 0 Å². The van der Waals surface area contributed by atoms with Gasteiger partial charge in [-0.15, -0.1) is 0 Å². The molecular formula is C7H6N2O. The Hall–Kier alpha value is -1.56. The Morgan fingerprint density at radius 2 is 2.40 bits per heavy atom.